The van der Waals surface area contributed by atoms with Gasteiger partial charge in [0.25, 0.3) is 0 Å². The number of fused-ring (bicyclic) bond motifs is 1. The molecule has 29 heavy (non-hydrogen) atoms. The fourth-order valence-electron chi connectivity index (χ4n) is 4.63. The van der Waals surface area contributed by atoms with Gasteiger partial charge in [-0.15, -0.1) is 0 Å². The van der Waals surface area contributed by atoms with Gasteiger partial charge in [-0.05, 0) is 36.3 Å². The molecule has 0 radical (unpaired) electrons. The SMILES string of the molecule is O=C(O)CCN1CC2CC(OC(=O)Nc3ccccc3-c3ccccc3)CC2C1. The third-order valence-corrected chi connectivity index (χ3v) is 5.95. The number of amides is 1. The van der Waals surface area contributed by atoms with E-state index in [1.54, 1.807) is 0 Å². The third-order valence-electron chi connectivity index (χ3n) is 5.95. The molecule has 1 heterocycles. The van der Waals surface area contributed by atoms with Gasteiger partial charge in [0.15, 0.2) is 0 Å². The van der Waals surface area contributed by atoms with Crippen LogP contribution in [0.1, 0.15) is 19.3 Å². The molecule has 1 aliphatic carbocycles. The number of anilines is 1. The molecule has 4 rings (SSSR count). The lowest BCUT2D eigenvalue weighted by atomic mass is 10.0. The van der Waals surface area contributed by atoms with Crippen LogP contribution in [-0.2, 0) is 9.53 Å². The number of carbonyl (C=O) groups is 2. The largest absolute Gasteiger partial charge is 0.481 e. The van der Waals surface area contributed by atoms with Gasteiger partial charge >= 0.3 is 12.1 Å². The van der Waals surface area contributed by atoms with Crippen molar-refractivity contribution in [2.24, 2.45) is 11.8 Å². The highest BCUT2D eigenvalue weighted by Crippen LogP contribution is 2.39. The fraction of sp³-hybridized carbons (Fsp3) is 0.391. The van der Waals surface area contributed by atoms with Gasteiger partial charge in [0, 0.05) is 25.2 Å². The molecule has 1 saturated carbocycles. The van der Waals surface area contributed by atoms with E-state index in [2.05, 4.69) is 10.2 Å². The summed E-state index contributed by atoms with van der Waals surface area (Å²) < 4.78 is 5.71. The topological polar surface area (TPSA) is 78.9 Å². The van der Waals surface area contributed by atoms with Crippen molar-refractivity contribution in [3.8, 4) is 11.1 Å². The number of likely N-dealkylation sites (tertiary alicyclic amines) is 1. The quantitative estimate of drug-likeness (QED) is 0.772. The number of rotatable bonds is 6. The van der Waals surface area contributed by atoms with Gasteiger partial charge in [0.1, 0.15) is 6.10 Å². The molecular weight excluding hydrogens is 368 g/mol. The van der Waals surface area contributed by atoms with E-state index in [4.69, 9.17) is 9.84 Å². The highest BCUT2D eigenvalue weighted by atomic mass is 16.6. The first-order valence-corrected chi connectivity index (χ1v) is 10.1. The normalized spacial score (nSPS) is 23.5. The average Bonchev–Trinajstić information content (AvgIpc) is 3.25. The molecule has 0 bridgehead atoms. The molecule has 1 aliphatic heterocycles. The van der Waals surface area contributed by atoms with Crippen molar-refractivity contribution in [1.82, 2.24) is 4.90 Å². The fourth-order valence-corrected chi connectivity index (χ4v) is 4.63. The monoisotopic (exact) mass is 394 g/mol. The number of hydrogen-bond acceptors (Lipinski definition) is 4. The molecule has 152 valence electrons. The summed E-state index contributed by atoms with van der Waals surface area (Å²) in [5.41, 5.74) is 2.74. The molecule has 2 aliphatic rings. The van der Waals surface area contributed by atoms with Crippen LogP contribution >= 0.6 is 0 Å². The van der Waals surface area contributed by atoms with E-state index in [0.29, 0.717) is 18.4 Å². The maximum Gasteiger partial charge on any atom is 0.411 e. The Labute approximate surface area is 170 Å². The molecule has 2 atom stereocenters. The van der Waals surface area contributed by atoms with Crippen LogP contribution in [0.5, 0.6) is 0 Å². The Morgan fingerprint density at radius 1 is 1.00 bits per heavy atom. The number of carboxylic acids is 1. The summed E-state index contributed by atoms with van der Waals surface area (Å²) in [5.74, 6) is 0.215. The highest BCUT2D eigenvalue weighted by Gasteiger charge is 2.42. The van der Waals surface area contributed by atoms with E-state index >= 15 is 0 Å². The molecule has 0 spiro atoms. The lowest BCUT2D eigenvalue weighted by Gasteiger charge is -2.19. The number of nitrogens with zero attached hydrogens (tertiary/aromatic N) is 1. The number of carboxylic acid groups (broad SMARTS) is 1. The van der Waals surface area contributed by atoms with Gasteiger partial charge in [-0.25, -0.2) is 4.79 Å². The molecule has 6 nitrogen and oxygen atoms in total. The molecule has 2 fully saturated rings. The predicted octanol–water partition coefficient (Wildman–Crippen LogP) is 4.09. The molecule has 0 aromatic heterocycles. The molecule has 6 heteroatoms. The van der Waals surface area contributed by atoms with Crippen molar-refractivity contribution < 1.29 is 19.4 Å². The minimum atomic E-state index is -0.754. The second-order valence-electron chi connectivity index (χ2n) is 7.96. The number of hydrogen-bond donors (Lipinski definition) is 2. The van der Waals surface area contributed by atoms with Gasteiger partial charge in [-0.2, -0.15) is 0 Å². The minimum Gasteiger partial charge on any atom is -0.481 e. The Morgan fingerprint density at radius 2 is 1.66 bits per heavy atom. The van der Waals surface area contributed by atoms with E-state index in [-0.39, 0.29) is 12.5 Å². The lowest BCUT2D eigenvalue weighted by molar-refractivity contribution is -0.137. The van der Waals surface area contributed by atoms with E-state index in [9.17, 15) is 9.59 Å². The number of benzene rings is 2. The number of para-hydroxylation sites is 1. The van der Waals surface area contributed by atoms with Gasteiger partial charge in [0.05, 0.1) is 12.1 Å². The van der Waals surface area contributed by atoms with Crippen LogP contribution in [0.4, 0.5) is 10.5 Å². The number of carbonyl (C=O) groups excluding carboxylic acids is 1. The first-order chi connectivity index (χ1) is 14.1. The summed E-state index contributed by atoms with van der Waals surface area (Å²) >= 11 is 0. The Balaban J connectivity index is 1.31. The summed E-state index contributed by atoms with van der Waals surface area (Å²) in [6.45, 7) is 2.40. The molecule has 2 N–H and O–H groups in total. The van der Waals surface area contributed by atoms with Gasteiger partial charge in [-0.1, -0.05) is 48.5 Å². The van der Waals surface area contributed by atoms with Crippen molar-refractivity contribution >= 4 is 17.7 Å². The zero-order chi connectivity index (χ0) is 20.2. The lowest BCUT2D eigenvalue weighted by Crippen LogP contribution is -2.27. The van der Waals surface area contributed by atoms with Crippen LogP contribution in [-0.4, -0.2) is 47.8 Å². The smallest absolute Gasteiger partial charge is 0.411 e. The Bertz CT molecular complexity index is 856. The predicted molar refractivity (Wildman–Crippen MR) is 111 cm³/mol. The van der Waals surface area contributed by atoms with E-state index in [0.717, 1.165) is 42.7 Å². The Kier molecular flexibility index (Phi) is 5.81. The van der Waals surface area contributed by atoms with Gasteiger partial charge in [0.2, 0.25) is 0 Å². The van der Waals surface area contributed by atoms with Crippen molar-refractivity contribution in [1.29, 1.82) is 0 Å². The van der Waals surface area contributed by atoms with Gasteiger partial charge < -0.3 is 14.7 Å². The second kappa shape index (κ2) is 8.66. The number of nitrogens with one attached hydrogen (secondary N) is 1. The zero-order valence-electron chi connectivity index (χ0n) is 16.3. The van der Waals surface area contributed by atoms with Crippen molar-refractivity contribution in [2.75, 3.05) is 25.0 Å². The molecule has 2 unspecified atom stereocenters. The van der Waals surface area contributed by atoms with Crippen molar-refractivity contribution in [2.45, 2.75) is 25.4 Å². The first-order valence-electron chi connectivity index (χ1n) is 10.1. The van der Waals surface area contributed by atoms with Crippen LogP contribution in [0.25, 0.3) is 11.1 Å². The third kappa shape index (κ3) is 4.77. The molecule has 2 aromatic rings. The minimum absolute atomic E-state index is 0.0736. The summed E-state index contributed by atoms with van der Waals surface area (Å²) in [6.07, 6.45) is 1.39. The van der Waals surface area contributed by atoms with Crippen LogP contribution in [0, 0.1) is 11.8 Å². The van der Waals surface area contributed by atoms with Crippen LogP contribution in [0.15, 0.2) is 54.6 Å². The summed E-state index contributed by atoms with van der Waals surface area (Å²) in [4.78, 5) is 25.5. The average molecular weight is 394 g/mol. The Hall–Kier alpha value is -2.86. The molecule has 2 aromatic carbocycles. The first kappa shape index (κ1) is 19.5. The second-order valence-corrected chi connectivity index (χ2v) is 7.96. The van der Waals surface area contributed by atoms with Gasteiger partial charge in [-0.3, -0.25) is 10.1 Å². The van der Waals surface area contributed by atoms with Crippen LogP contribution in [0.2, 0.25) is 0 Å². The summed E-state index contributed by atoms with van der Waals surface area (Å²) in [5, 5.41) is 11.7. The van der Waals surface area contributed by atoms with E-state index in [1.165, 1.54) is 0 Å². The molecular formula is C23H26N2O4. The summed E-state index contributed by atoms with van der Waals surface area (Å²) in [7, 11) is 0. The molecule has 1 saturated heterocycles. The highest BCUT2D eigenvalue weighted by molar-refractivity contribution is 5.91. The number of aliphatic carboxylic acids is 1. The summed E-state index contributed by atoms with van der Waals surface area (Å²) in [6, 6.07) is 17.7. The zero-order valence-corrected chi connectivity index (χ0v) is 16.3. The van der Waals surface area contributed by atoms with E-state index < -0.39 is 12.1 Å². The Morgan fingerprint density at radius 3 is 2.34 bits per heavy atom. The maximum atomic E-state index is 12.5. The van der Waals surface area contributed by atoms with Crippen molar-refractivity contribution in [3.05, 3.63) is 54.6 Å². The standard InChI is InChI=1S/C23H26N2O4/c26-22(27)10-11-25-14-17-12-19(13-18(17)15-25)29-23(28)24-21-9-5-4-8-20(21)16-6-2-1-3-7-16/h1-9,17-19H,10-15H2,(H,24,28)(H,26,27). The number of ether oxygens (including phenoxy) is 1. The maximum absolute atomic E-state index is 12.5. The van der Waals surface area contributed by atoms with E-state index in [1.807, 2.05) is 54.6 Å². The van der Waals surface area contributed by atoms with Crippen LogP contribution in [0.3, 0.4) is 0 Å². The molecule has 1 amide bonds. The van der Waals surface area contributed by atoms with Crippen molar-refractivity contribution in [3.63, 3.8) is 0 Å². The van der Waals surface area contributed by atoms with Crippen LogP contribution < -0.4 is 5.32 Å².